The summed E-state index contributed by atoms with van der Waals surface area (Å²) in [6.45, 7) is 3.79. The molecule has 2 heterocycles. The topological polar surface area (TPSA) is 63.9 Å². The highest BCUT2D eigenvalue weighted by molar-refractivity contribution is 5.92. The van der Waals surface area contributed by atoms with Crippen molar-refractivity contribution in [3.63, 3.8) is 0 Å². The highest BCUT2D eigenvalue weighted by Crippen LogP contribution is 2.31. The molecule has 0 saturated heterocycles. The maximum absolute atomic E-state index is 13.0. The normalized spacial score (nSPS) is 11.8. The monoisotopic (exact) mass is 355 g/mol. The first-order valence-corrected chi connectivity index (χ1v) is 7.75. The molecule has 2 rings (SSSR count). The molecule has 2 aromatic heterocycles. The van der Waals surface area contributed by atoms with Crippen molar-refractivity contribution in [3.05, 3.63) is 41.2 Å². The summed E-state index contributed by atoms with van der Waals surface area (Å²) in [5, 5.41) is 3.44. The Morgan fingerprint density at radius 2 is 2.04 bits per heavy atom. The summed E-state index contributed by atoms with van der Waals surface area (Å²) in [7, 11) is 2.84. The standard InChI is InChI=1S/C16H20F3N5O/c1-10(2)7-13-20-6-5-12(21-13)15(25)23(3)8-11-9-24(4)22-14(11)16(17,18)19/h5-6,9-10H,7-8H2,1-4H3. The smallest absolute Gasteiger partial charge is 0.336 e. The van der Waals surface area contributed by atoms with Crippen LogP contribution in [0.25, 0.3) is 0 Å². The number of halogens is 3. The number of carbonyl (C=O) groups is 1. The van der Waals surface area contributed by atoms with Crippen molar-refractivity contribution in [1.29, 1.82) is 0 Å². The number of carbonyl (C=O) groups excluding carboxylic acids is 1. The van der Waals surface area contributed by atoms with Crippen LogP contribution in [0.15, 0.2) is 18.5 Å². The zero-order valence-corrected chi connectivity index (χ0v) is 14.5. The highest BCUT2D eigenvalue weighted by Gasteiger charge is 2.37. The van der Waals surface area contributed by atoms with E-state index in [0.717, 1.165) is 4.68 Å². The van der Waals surface area contributed by atoms with Crippen LogP contribution in [-0.2, 0) is 26.2 Å². The number of amides is 1. The Kier molecular flexibility index (Phi) is 5.44. The van der Waals surface area contributed by atoms with E-state index in [2.05, 4.69) is 15.1 Å². The lowest BCUT2D eigenvalue weighted by molar-refractivity contribution is -0.142. The molecule has 0 aliphatic carbocycles. The molecule has 6 nitrogen and oxygen atoms in total. The van der Waals surface area contributed by atoms with Gasteiger partial charge in [-0.05, 0) is 12.0 Å². The van der Waals surface area contributed by atoms with Crippen LogP contribution in [0.1, 0.15) is 41.4 Å². The third-order valence-corrected chi connectivity index (χ3v) is 3.44. The second kappa shape index (κ2) is 7.20. The number of aromatic nitrogens is 4. The van der Waals surface area contributed by atoms with Gasteiger partial charge in [-0.15, -0.1) is 0 Å². The van der Waals surface area contributed by atoms with Gasteiger partial charge >= 0.3 is 6.18 Å². The zero-order valence-electron chi connectivity index (χ0n) is 14.5. The summed E-state index contributed by atoms with van der Waals surface area (Å²) >= 11 is 0. The Morgan fingerprint density at radius 3 is 2.64 bits per heavy atom. The lowest BCUT2D eigenvalue weighted by atomic mass is 10.1. The quantitative estimate of drug-likeness (QED) is 0.827. The van der Waals surface area contributed by atoms with Gasteiger partial charge in [0.05, 0.1) is 0 Å². The molecule has 0 radical (unpaired) electrons. The predicted molar refractivity (Wildman–Crippen MR) is 84.6 cm³/mol. The van der Waals surface area contributed by atoms with Gasteiger partial charge in [-0.25, -0.2) is 9.97 Å². The lowest BCUT2D eigenvalue weighted by Gasteiger charge is -2.17. The van der Waals surface area contributed by atoms with Crippen molar-refractivity contribution < 1.29 is 18.0 Å². The molecule has 0 N–H and O–H groups in total. The van der Waals surface area contributed by atoms with E-state index in [9.17, 15) is 18.0 Å². The first-order chi connectivity index (χ1) is 11.6. The third-order valence-electron chi connectivity index (χ3n) is 3.44. The van der Waals surface area contributed by atoms with Gasteiger partial charge in [-0.2, -0.15) is 18.3 Å². The molecule has 0 unspecified atom stereocenters. The summed E-state index contributed by atoms with van der Waals surface area (Å²) in [6, 6.07) is 1.45. The summed E-state index contributed by atoms with van der Waals surface area (Å²) in [5.74, 6) is 0.392. The SMILES string of the molecule is CC(C)Cc1nccc(C(=O)N(C)Cc2cn(C)nc2C(F)(F)F)n1. The molecule has 0 spiro atoms. The Labute approximate surface area is 143 Å². The second-order valence-electron chi connectivity index (χ2n) is 6.29. The first kappa shape index (κ1) is 18.9. The van der Waals surface area contributed by atoms with Crippen molar-refractivity contribution in [1.82, 2.24) is 24.6 Å². The Bertz CT molecular complexity index is 754. The molecule has 9 heteroatoms. The van der Waals surface area contributed by atoms with E-state index in [1.54, 1.807) is 0 Å². The van der Waals surface area contributed by atoms with Crippen LogP contribution in [0, 0.1) is 5.92 Å². The van der Waals surface area contributed by atoms with Gasteiger partial charge in [0.15, 0.2) is 5.69 Å². The number of hydrogen-bond donors (Lipinski definition) is 0. The molecule has 0 aliphatic heterocycles. The minimum Gasteiger partial charge on any atom is -0.336 e. The first-order valence-electron chi connectivity index (χ1n) is 7.75. The van der Waals surface area contributed by atoms with E-state index in [1.807, 2.05) is 13.8 Å². The van der Waals surface area contributed by atoms with E-state index in [1.165, 1.54) is 37.5 Å². The summed E-state index contributed by atoms with van der Waals surface area (Å²) in [5.41, 5.74) is -0.897. The molecule has 25 heavy (non-hydrogen) atoms. The van der Waals surface area contributed by atoms with Gasteiger partial charge in [0.2, 0.25) is 0 Å². The summed E-state index contributed by atoms with van der Waals surface area (Å²) in [6.07, 6.45) is -1.21. The van der Waals surface area contributed by atoms with Gasteiger partial charge in [0, 0.05) is 45.0 Å². The Balaban J connectivity index is 2.19. The highest BCUT2D eigenvalue weighted by atomic mass is 19.4. The average molecular weight is 355 g/mol. The van der Waals surface area contributed by atoms with Crippen molar-refractivity contribution >= 4 is 5.91 Å². The fourth-order valence-corrected chi connectivity index (χ4v) is 2.40. The van der Waals surface area contributed by atoms with E-state index in [-0.39, 0.29) is 17.8 Å². The molecule has 0 aromatic carbocycles. The molecule has 0 saturated carbocycles. The molecular weight excluding hydrogens is 335 g/mol. The van der Waals surface area contributed by atoms with Gasteiger partial charge in [0.1, 0.15) is 11.5 Å². The maximum atomic E-state index is 13.0. The third kappa shape index (κ3) is 4.77. The fraction of sp³-hybridized carbons (Fsp3) is 0.500. The van der Waals surface area contributed by atoms with Gasteiger partial charge in [-0.1, -0.05) is 13.8 Å². The van der Waals surface area contributed by atoms with Crippen molar-refractivity contribution in [3.8, 4) is 0 Å². The second-order valence-corrected chi connectivity index (χ2v) is 6.29. The number of nitrogens with zero attached hydrogens (tertiary/aromatic N) is 5. The van der Waals surface area contributed by atoms with Crippen LogP contribution in [0.4, 0.5) is 13.2 Å². The molecule has 1 amide bonds. The number of rotatable bonds is 5. The van der Waals surface area contributed by atoms with Crippen molar-refractivity contribution in [2.75, 3.05) is 7.05 Å². The molecule has 0 aliphatic rings. The van der Waals surface area contributed by atoms with Crippen LogP contribution in [0.5, 0.6) is 0 Å². The van der Waals surface area contributed by atoms with Crippen molar-refractivity contribution in [2.45, 2.75) is 33.0 Å². The van der Waals surface area contributed by atoms with E-state index < -0.39 is 17.8 Å². The number of hydrogen-bond acceptors (Lipinski definition) is 4. The van der Waals surface area contributed by atoms with Crippen LogP contribution in [0.3, 0.4) is 0 Å². The average Bonchev–Trinajstić information content (AvgIpc) is 2.86. The molecule has 136 valence electrons. The molecule has 0 atom stereocenters. The number of aryl methyl sites for hydroxylation is 1. The zero-order chi connectivity index (χ0) is 18.8. The Morgan fingerprint density at radius 1 is 1.36 bits per heavy atom. The van der Waals surface area contributed by atoms with Crippen molar-refractivity contribution in [2.24, 2.45) is 13.0 Å². The van der Waals surface area contributed by atoms with E-state index >= 15 is 0 Å². The van der Waals surface area contributed by atoms with Crippen LogP contribution < -0.4 is 0 Å². The van der Waals surface area contributed by atoms with E-state index in [4.69, 9.17) is 0 Å². The van der Waals surface area contributed by atoms with Gasteiger partial charge in [-0.3, -0.25) is 9.48 Å². The largest absolute Gasteiger partial charge is 0.435 e. The minimum absolute atomic E-state index is 0.0673. The maximum Gasteiger partial charge on any atom is 0.435 e. The molecular formula is C16H20F3N5O. The molecule has 0 fully saturated rings. The minimum atomic E-state index is -4.57. The predicted octanol–water partition coefficient (Wildman–Crippen LogP) is 2.70. The van der Waals surface area contributed by atoms with Crippen LogP contribution >= 0.6 is 0 Å². The van der Waals surface area contributed by atoms with Gasteiger partial charge in [0.25, 0.3) is 5.91 Å². The summed E-state index contributed by atoms with van der Waals surface area (Å²) in [4.78, 5) is 22.0. The fourth-order valence-electron chi connectivity index (χ4n) is 2.40. The van der Waals surface area contributed by atoms with Crippen LogP contribution in [-0.4, -0.2) is 37.6 Å². The Hall–Kier alpha value is -2.45. The van der Waals surface area contributed by atoms with Crippen LogP contribution in [0.2, 0.25) is 0 Å². The van der Waals surface area contributed by atoms with Gasteiger partial charge < -0.3 is 4.90 Å². The molecule has 0 bridgehead atoms. The van der Waals surface area contributed by atoms with E-state index in [0.29, 0.717) is 18.2 Å². The molecule has 2 aromatic rings. The summed E-state index contributed by atoms with van der Waals surface area (Å²) < 4.78 is 40.1. The lowest BCUT2D eigenvalue weighted by Crippen LogP contribution is -2.28. The number of alkyl halides is 3.